The van der Waals surface area contributed by atoms with Crippen molar-refractivity contribution in [2.45, 2.75) is 51.2 Å². The van der Waals surface area contributed by atoms with E-state index in [9.17, 15) is 27.9 Å². The van der Waals surface area contributed by atoms with E-state index in [2.05, 4.69) is 5.32 Å². The van der Waals surface area contributed by atoms with Crippen molar-refractivity contribution in [3.05, 3.63) is 35.4 Å². The average molecular weight is 343 g/mol. The number of carboxylic acid groups (broad SMARTS) is 1. The molecule has 0 bridgehead atoms. The Bertz CT molecular complexity index is 607. The van der Waals surface area contributed by atoms with E-state index in [1.165, 1.54) is 12.1 Å². The van der Waals surface area contributed by atoms with Gasteiger partial charge in [0.1, 0.15) is 0 Å². The predicted molar refractivity (Wildman–Crippen MR) is 81.3 cm³/mol. The summed E-state index contributed by atoms with van der Waals surface area (Å²) in [6, 6.07) is 4.50. The van der Waals surface area contributed by atoms with Crippen LogP contribution >= 0.6 is 0 Å². The minimum absolute atomic E-state index is 0.0559. The maximum absolute atomic E-state index is 12.5. The minimum atomic E-state index is -4.37. The number of hydrogen-bond acceptors (Lipinski definition) is 2. The Morgan fingerprint density at radius 2 is 1.83 bits per heavy atom. The van der Waals surface area contributed by atoms with Crippen LogP contribution in [-0.2, 0) is 22.2 Å². The summed E-state index contributed by atoms with van der Waals surface area (Å²) in [5.74, 6) is -1.28. The molecule has 132 valence electrons. The van der Waals surface area contributed by atoms with Crippen LogP contribution in [0.5, 0.6) is 0 Å². The van der Waals surface area contributed by atoms with E-state index >= 15 is 0 Å². The molecule has 0 spiro atoms. The van der Waals surface area contributed by atoms with Gasteiger partial charge in [-0.1, -0.05) is 18.6 Å². The highest BCUT2D eigenvalue weighted by atomic mass is 19.4. The summed E-state index contributed by atoms with van der Waals surface area (Å²) in [5.41, 5.74) is -0.984. The number of benzene rings is 1. The molecule has 0 aromatic heterocycles. The third-order valence-electron chi connectivity index (χ3n) is 4.49. The number of carbonyl (C=O) groups excluding carboxylic acids is 1. The molecule has 1 amide bonds. The molecule has 2 N–H and O–H groups in total. The van der Waals surface area contributed by atoms with Gasteiger partial charge in [-0.25, -0.2) is 0 Å². The maximum atomic E-state index is 12.5. The summed E-state index contributed by atoms with van der Waals surface area (Å²) in [4.78, 5) is 23.3. The Kier molecular flexibility index (Phi) is 5.20. The van der Waals surface area contributed by atoms with Gasteiger partial charge in [0.15, 0.2) is 0 Å². The SMILES string of the molecule is CC(Cc1ccc(C(F)(F)F)cc1)NC(=O)CC1(C(=O)O)CCC1. The molecule has 1 aliphatic rings. The Hall–Kier alpha value is -2.05. The first kappa shape index (κ1) is 18.3. The standard InChI is InChI=1S/C17H20F3NO3/c1-11(9-12-3-5-13(6-4-12)17(18,19)20)21-14(22)10-16(15(23)24)7-2-8-16/h3-6,11H,2,7-10H2,1H3,(H,21,22)(H,23,24). The number of alkyl halides is 3. The number of nitrogens with one attached hydrogen (secondary N) is 1. The van der Waals surface area contributed by atoms with E-state index in [0.717, 1.165) is 18.6 Å². The van der Waals surface area contributed by atoms with E-state index in [-0.39, 0.29) is 18.4 Å². The molecule has 0 radical (unpaired) electrons. The van der Waals surface area contributed by atoms with Crippen molar-refractivity contribution in [1.29, 1.82) is 0 Å². The normalized spacial score (nSPS) is 17.7. The second-order valence-electron chi connectivity index (χ2n) is 6.48. The molecule has 2 rings (SSSR count). The van der Waals surface area contributed by atoms with E-state index in [1.807, 2.05) is 0 Å². The van der Waals surface area contributed by atoms with Gasteiger partial charge in [0.25, 0.3) is 0 Å². The summed E-state index contributed by atoms with van der Waals surface area (Å²) in [6.07, 6.45) is -2.23. The van der Waals surface area contributed by atoms with Crippen LogP contribution in [0.4, 0.5) is 13.2 Å². The number of carbonyl (C=O) groups is 2. The van der Waals surface area contributed by atoms with Crippen molar-refractivity contribution in [2.75, 3.05) is 0 Å². The zero-order valence-electron chi connectivity index (χ0n) is 13.3. The van der Waals surface area contributed by atoms with Crippen LogP contribution < -0.4 is 5.32 Å². The van der Waals surface area contributed by atoms with Gasteiger partial charge in [-0.15, -0.1) is 0 Å². The number of rotatable bonds is 6. The fourth-order valence-corrected chi connectivity index (χ4v) is 2.94. The molecule has 1 saturated carbocycles. The minimum Gasteiger partial charge on any atom is -0.481 e. The van der Waals surface area contributed by atoms with Gasteiger partial charge in [0.05, 0.1) is 11.0 Å². The smallest absolute Gasteiger partial charge is 0.416 e. The highest BCUT2D eigenvalue weighted by Crippen LogP contribution is 2.44. The van der Waals surface area contributed by atoms with Crippen LogP contribution in [0.2, 0.25) is 0 Å². The summed E-state index contributed by atoms with van der Waals surface area (Å²) < 4.78 is 37.5. The van der Waals surface area contributed by atoms with Crippen LogP contribution in [0.3, 0.4) is 0 Å². The Labute approximate surface area is 138 Å². The predicted octanol–water partition coefficient (Wildman–Crippen LogP) is 3.40. The van der Waals surface area contributed by atoms with E-state index in [1.54, 1.807) is 6.92 Å². The highest BCUT2D eigenvalue weighted by molar-refractivity contribution is 5.85. The second-order valence-corrected chi connectivity index (χ2v) is 6.48. The fraction of sp³-hybridized carbons (Fsp3) is 0.529. The molecular weight excluding hydrogens is 323 g/mol. The first-order valence-corrected chi connectivity index (χ1v) is 7.81. The van der Waals surface area contributed by atoms with Crippen molar-refractivity contribution < 1.29 is 27.9 Å². The van der Waals surface area contributed by atoms with Crippen molar-refractivity contribution in [1.82, 2.24) is 5.32 Å². The van der Waals surface area contributed by atoms with Gasteiger partial charge in [0, 0.05) is 12.5 Å². The van der Waals surface area contributed by atoms with Gasteiger partial charge >= 0.3 is 12.1 Å². The van der Waals surface area contributed by atoms with Crippen molar-refractivity contribution >= 4 is 11.9 Å². The lowest BCUT2D eigenvalue weighted by molar-refractivity contribution is -0.157. The van der Waals surface area contributed by atoms with Crippen LogP contribution in [0.1, 0.15) is 43.7 Å². The molecule has 0 aliphatic heterocycles. The van der Waals surface area contributed by atoms with Crippen LogP contribution in [-0.4, -0.2) is 23.0 Å². The molecule has 1 fully saturated rings. The molecule has 1 unspecified atom stereocenters. The zero-order chi connectivity index (χ0) is 18.0. The Morgan fingerprint density at radius 1 is 1.25 bits per heavy atom. The van der Waals surface area contributed by atoms with Crippen molar-refractivity contribution in [3.63, 3.8) is 0 Å². The van der Waals surface area contributed by atoms with E-state index in [0.29, 0.717) is 24.8 Å². The quantitative estimate of drug-likeness (QED) is 0.832. The molecular formula is C17H20F3NO3. The number of amides is 1. The number of hydrogen-bond donors (Lipinski definition) is 2. The van der Waals surface area contributed by atoms with E-state index in [4.69, 9.17) is 0 Å². The topological polar surface area (TPSA) is 66.4 Å². The van der Waals surface area contributed by atoms with Crippen LogP contribution in [0.15, 0.2) is 24.3 Å². The lowest BCUT2D eigenvalue weighted by Gasteiger charge is -2.37. The van der Waals surface area contributed by atoms with Crippen molar-refractivity contribution in [3.8, 4) is 0 Å². The molecule has 1 aliphatic carbocycles. The molecule has 4 nitrogen and oxygen atoms in total. The zero-order valence-corrected chi connectivity index (χ0v) is 13.3. The first-order chi connectivity index (χ1) is 11.1. The number of aliphatic carboxylic acids is 1. The van der Waals surface area contributed by atoms with Gasteiger partial charge in [-0.05, 0) is 43.9 Å². The number of carboxylic acids is 1. The van der Waals surface area contributed by atoms with Crippen LogP contribution in [0.25, 0.3) is 0 Å². The lowest BCUT2D eigenvalue weighted by Crippen LogP contribution is -2.44. The first-order valence-electron chi connectivity index (χ1n) is 7.81. The molecule has 24 heavy (non-hydrogen) atoms. The fourth-order valence-electron chi connectivity index (χ4n) is 2.94. The molecule has 1 aromatic rings. The third-order valence-corrected chi connectivity index (χ3v) is 4.49. The molecule has 0 saturated heterocycles. The Morgan fingerprint density at radius 3 is 2.25 bits per heavy atom. The van der Waals surface area contributed by atoms with Crippen LogP contribution in [0, 0.1) is 5.41 Å². The maximum Gasteiger partial charge on any atom is 0.416 e. The molecule has 1 aromatic carbocycles. The largest absolute Gasteiger partial charge is 0.481 e. The van der Waals surface area contributed by atoms with Gasteiger partial charge in [-0.3, -0.25) is 9.59 Å². The monoisotopic (exact) mass is 343 g/mol. The summed E-state index contributed by atoms with van der Waals surface area (Å²) in [6.45, 7) is 1.74. The molecule has 7 heteroatoms. The average Bonchev–Trinajstić information content (AvgIpc) is 2.41. The van der Waals surface area contributed by atoms with Gasteiger partial charge in [-0.2, -0.15) is 13.2 Å². The summed E-state index contributed by atoms with van der Waals surface area (Å²) in [5, 5.41) is 11.9. The number of halogens is 3. The van der Waals surface area contributed by atoms with E-state index < -0.39 is 23.1 Å². The van der Waals surface area contributed by atoms with Gasteiger partial charge in [0.2, 0.25) is 5.91 Å². The summed E-state index contributed by atoms with van der Waals surface area (Å²) in [7, 11) is 0. The second kappa shape index (κ2) is 6.83. The Balaban J connectivity index is 1.87. The summed E-state index contributed by atoms with van der Waals surface area (Å²) >= 11 is 0. The molecule has 0 heterocycles. The lowest BCUT2D eigenvalue weighted by atomic mass is 9.66. The highest BCUT2D eigenvalue weighted by Gasteiger charge is 2.45. The van der Waals surface area contributed by atoms with Crippen molar-refractivity contribution in [2.24, 2.45) is 5.41 Å². The third kappa shape index (κ3) is 4.27. The molecule has 1 atom stereocenters. The van der Waals surface area contributed by atoms with Gasteiger partial charge < -0.3 is 10.4 Å².